The number of amides is 1. The van der Waals surface area contributed by atoms with Gasteiger partial charge in [0.15, 0.2) is 11.6 Å². The molecule has 2 fully saturated rings. The lowest BCUT2D eigenvalue weighted by molar-refractivity contribution is -0.131. The smallest absolute Gasteiger partial charge is 0.222 e. The molecule has 0 radical (unpaired) electrons. The van der Waals surface area contributed by atoms with Crippen LogP contribution < -0.4 is 5.32 Å². The standard InChI is InChI=1S/C17H22F2N2O/c1-21(10-11-2-5-15(18)16(19)8-11)17(22)9-12-6-13-3-4-14(7-12)20-13/h2,5,8,12-14,20H,3-4,6-7,9-10H2,1H3. The summed E-state index contributed by atoms with van der Waals surface area (Å²) in [6, 6.07) is 4.94. The highest BCUT2D eigenvalue weighted by Gasteiger charge is 2.34. The van der Waals surface area contributed by atoms with Crippen LogP contribution in [0, 0.1) is 17.6 Å². The Labute approximate surface area is 129 Å². The van der Waals surface area contributed by atoms with Crippen LogP contribution in [-0.4, -0.2) is 29.9 Å². The van der Waals surface area contributed by atoms with Crippen molar-refractivity contribution in [3.8, 4) is 0 Å². The van der Waals surface area contributed by atoms with E-state index >= 15 is 0 Å². The minimum Gasteiger partial charge on any atom is -0.341 e. The molecular weight excluding hydrogens is 286 g/mol. The third-order valence-corrected chi connectivity index (χ3v) is 4.86. The summed E-state index contributed by atoms with van der Waals surface area (Å²) in [4.78, 5) is 13.9. The zero-order chi connectivity index (χ0) is 15.7. The van der Waals surface area contributed by atoms with Crippen LogP contribution in [0.1, 0.15) is 37.7 Å². The van der Waals surface area contributed by atoms with Gasteiger partial charge in [0.1, 0.15) is 0 Å². The van der Waals surface area contributed by atoms with Gasteiger partial charge in [-0.2, -0.15) is 0 Å². The van der Waals surface area contributed by atoms with Gasteiger partial charge in [-0.1, -0.05) is 6.07 Å². The Bertz CT molecular complexity index is 552. The average Bonchev–Trinajstić information content (AvgIpc) is 2.82. The topological polar surface area (TPSA) is 32.3 Å². The van der Waals surface area contributed by atoms with Crippen molar-refractivity contribution in [1.82, 2.24) is 10.2 Å². The summed E-state index contributed by atoms with van der Waals surface area (Å²) in [7, 11) is 1.72. The number of piperidine rings is 1. The highest BCUT2D eigenvalue weighted by Crippen LogP contribution is 2.33. The van der Waals surface area contributed by atoms with E-state index in [9.17, 15) is 13.6 Å². The second-order valence-corrected chi connectivity index (χ2v) is 6.68. The van der Waals surface area contributed by atoms with Gasteiger partial charge >= 0.3 is 0 Å². The predicted molar refractivity (Wildman–Crippen MR) is 80.1 cm³/mol. The Balaban J connectivity index is 1.54. The van der Waals surface area contributed by atoms with Crippen LogP contribution in [0.15, 0.2) is 18.2 Å². The van der Waals surface area contributed by atoms with E-state index in [1.165, 1.54) is 18.9 Å². The number of rotatable bonds is 4. The second kappa shape index (κ2) is 6.32. The van der Waals surface area contributed by atoms with Crippen LogP contribution in [-0.2, 0) is 11.3 Å². The molecule has 2 heterocycles. The molecule has 3 rings (SSSR count). The number of hydrogen-bond acceptors (Lipinski definition) is 2. The van der Waals surface area contributed by atoms with E-state index in [0.29, 0.717) is 36.5 Å². The van der Waals surface area contributed by atoms with Gasteiger partial charge < -0.3 is 10.2 Å². The molecule has 22 heavy (non-hydrogen) atoms. The third kappa shape index (κ3) is 3.46. The fraction of sp³-hybridized carbons (Fsp3) is 0.588. The minimum atomic E-state index is -0.867. The first-order chi connectivity index (χ1) is 10.5. The van der Waals surface area contributed by atoms with Crippen molar-refractivity contribution in [2.24, 2.45) is 5.92 Å². The van der Waals surface area contributed by atoms with Crippen molar-refractivity contribution in [1.29, 1.82) is 0 Å². The van der Waals surface area contributed by atoms with E-state index in [4.69, 9.17) is 0 Å². The summed E-state index contributed by atoms with van der Waals surface area (Å²) in [6.07, 6.45) is 5.14. The number of carbonyl (C=O) groups excluding carboxylic acids is 1. The van der Waals surface area contributed by atoms with Gasteiger partial charge in [0.25, 0.3) is 0 Å². The van der Waals surface area contributed by atoms with Gasteiger partial charge in [-0.15, -0.1) is 0 Å². The van der Waals surface area contributed by atoms with Crippen LogP contribution in [0.4, 0.5) is 8.78 Å². The number of benzene rings is 1. The van der Waals surface area contributed by atoms with E-state index in [1.807, 2.05) is 0 Å². The number of nitrogens with zero attached hydrogens (tertiary/aromatic N) is 1. The Morgan fingerprint density at radius 2 is 1.91 bits per heavy atom. The third-order valence-electron chi connectivity index (χ3n) is 4.86. The average molecular weight is 308 g/mol. The van der Waals surface area contributed by atoms with Crippen molar-refractivity contribution in [2.45, 2.75) is 50.7 Å². The summed E-state index contributed by atoms with van der Waals surface area (Å²) in [5.74, 6) is -1.20. The first kappa shape index (κ1) is 15.4. The van der Waals surface area contributed by atoms with Gasteiger partial charge in [0, 0.05) is 32.1 Å². The fourth-order valence-electron chi connectivity index (χ4n) is 3.74. The highest BCUT2D eigenvalue weighted by atomic mass is 19.2. The molecule has 1 N–H and O–H groups in total. The lowest BCUT2D eigenvalue weighted by atomic mass is 9.89. The molecule has 0 saturated carbocycles. The first-order valence-corrected chi connectivity index (χ1v) is 7.95. The Morgan fingerprint density at radius 1 is 1.23 bits per heavy atom. The summed E-state index contributed by atoms with van der Waals surface area (Å²) in [6.45, 7) is 0.313. The molecule has 5 heteroatoms. The van der Waals surface area contributed by atoms with E-state index in [-0.39, 0.29) is 5.91 Å². The van der Waals surface area contributed by atoms with E-state index in [0.717, 1.165) is 25.0 Å². The zero-order valence-electron chi connectivity index (χ0n) is 12.8. The molecule has 0 aromatic heterocycles. The van der Waals surface area contributed by atoms with E-state index in [2.05, 4.69) is 5.32 Å². The first-order valence-electron chi connectivity index (χ1n) is 7.95. The second-order valence-electron chi connectivity index (χ2n) is 6.68. The quantitative estimate of drug-likeness (QED) is 0.927. The van der Waals surface area contributed by atoms with Crippen molar-refractivity contribution < 1.29 is 13.6 Å². The van der Waals surface area contributed by atoms with Crippen molar-refractivity contribution in [3.05, 3.63) is 35.4 Å². The van der Waals surface area contributed by atoms with Crippen LogP contribution in [0.2, 0.25) is 0 Å². The Hall–Kier alpha value is -1.49. The van der Waals surface area contributed by atoms with Gasteiger partial charge in [0.2, 0.25) is 5.91 Å². The van der Waals surface area contributed by atoms with Crippen LogP contribution in [0.3, 0.4) is 0 Å². The van der Waals surface area contributed by atoms with Crippen LogP contribution in [0.5, 0.6) is 0 Å². The highest BCUT2D eigenvalue weighted by molar-refractivity contribution is 5.76. The Morgan fingerprint density at radius 3 is 2.55 bits per heavy atom. The molecule has 2 bridgehead atoms. The van der Waals surface area contributed by atoms with Gasteiger partial charge in [-0.05, 0) is 49.3 Å². The summed E-state index contributed by atoms with van der Waals surface area (Å²) >= 11 is 0. The number of nitrogens with one attached hydrogen (secondary N) is 1. The van der Waals surface area contributed by atoms with Crippen molar-refractivity contribution in [3.63, 3.8) is 0 Å². The molecule has 0 aliphatic carbocycles. The maximum absolute atomic E-state index is 13.2. The maximum Gasteiger partial charge on any atom is 0.222 e. The SMILES string of the molecule is CN(Cc1ccc(F)c(F)c1)C(=O)CC1CC2CCC(C1)N2. The zero-order valence-corrected chi connectivity index (χ0v) is 12.8. The molecule has 2 saturated heterocycles. The van der Waals surface area contributed by atoms with E-state index < -0.39 is 11.6 Å². The molecule has 1 aromatic rings. The monoisotopic (exact) mass is 308 g/mol. The largest absolute Gasteiger partial charge is 0.341 e. The lowest BCUT2D eigenvalue weighted by Gasteiger charge is -2.30. The van der Waals surface area contributed by atoms with Gasteiger partial charge in [-0.3, -0.25) is 4.79 Å². The molecule has 0 spiro atoms. The van der Waals surface area contributed by atoms with Crippen molar-refractivity contribution >= 4 is 5.91 Å². The molecule has 1 aromatic carbocycles. The summed E-state index contributed by atoms with van der Waals surface area (Å²) in [5, 5.41) is 3.57. The molecule has 2 atom stereocenters. The predicted octanol–water partition coefficient (Wildman–Crippen LogP) is 2.84. The number of halogens is 2. The van der Waals surface area contributed by atoms with Gasteiger partial charge in [0.05, 0.1) is 0 Å². The Kier molecular flexibility index (Phi) is 4.43. The molecule has 120 valence electrons. The number of fused-ring (bicyclic) bond motifs is 2. The molecule has 1 amide bonds. The molecule has 2 unspecified atom stereocenters. The molecule has 2 aliphatic rings. The molecular formula is C17H22F2N2O. The normalized spacial score (nSPS) is 27.0. The van der Waals surface area contributed by atoms with Crippen molar-refractivity contribution in [2.75, 3.05) is 7.05 Å². The number of carbonyl (C=O) groups is 1. The summed E-state index contributed by atoms with van der Waals surface area (Å²) < 4.78 is 26.1. The van der Waals surface area contributed by atoms with Gasteiger partial charge in [-0.25, -0.2) is 8.78 Å². The minimum absolute atomic E-state index is 0.0797. The fourth-order valence-corrected chi connectivity index (χ4v) is 3.74. The van der Waals surface area contributed by atoms with Crippen LogP contribution in [0.25, 0.3) is 0 Å². The van der Waals surface area contributed by atoms with Crippen LogP contribution >= 0.6 is 0 Å². The number of hydrogen-bond donors (Lipinski definition) is 1. The molecule has 2 aliphatic heterocycles. The van der Waals surface area contributed by atoms with E-state index in [1.54, 1.807) is 11.9 Å². The lowest BCUT2D eigenvalue weighted by Crippen LogP contribution is -2.39. The maximum atomic E-state index is 13.2. The molecule has 3 nitrogen and oxygen atoms in total. The summed E-state index contributed by atoms with van der Waals surface area (Å²) in [5.41, 5.74) is 0.611.